The Kier molecular flexibility index (Phi) is 4.87. The lowest BCUT2D eigenvalue weighted by atomic mass is 10.7. The molecule has 0 saturated carbocycles. The van der Waals surface area contributed by atoms with Crippen LogP contribution in [0, 0.1) is 0 Å². The van der Waals surface area contributed by atoms with Gasteiger partial charge in [-0.15, -0.1) is 0 Å². The normalized spacial score (nSPS) is 9.80. The molecule has 10 heavy (non-hydrogen) atoms. The van der Waals surface area contributed by atoms with Crippen LogP contribution in [0.2, 0.25) is 0 Å². The molecule has 0 amide bonds. The zero-order valence-corrected chi connectivity index (χ0v) is 6.30. The fourth-order valence-corrected chi connectivity index (χ4v) is 0.519. The monoisotopic (exact) mass is 168 g/mol. The van der Waals surface area contributed by atoms with Crippen molar-refractivity contribution in [1.29, 1.82) is 0 Å². The molecule has 0 aliphatic rings. The maximum absolute atomic E-state index is 10.3. The zero-order valence-electron chi connectivity index (χ0n) is 5.40. The van der Waals surface area contributed by atoms with E-state index in [0.29, 0.717) is 0 Å². The second kappa shape index (κ2) is 5.19. The fraction of sp³-hybridized carbons (Fsp3) is 0.750. The molecule has 0 unspecified atom stereocenters. The molecule has 0 rings (SSSR count). The molecule has 0 atom stereocenters. The van der Waals surface area contributed by atoms with Crippen LogP contribution in [0.15, 0.2) is 0 Å². The van der Waals surface area contributed by atoms with E-state index in [4.69, 9.17) is 0 Å². The summed E-state index contributed by atoms with van der Waals surface area (Å²) in [5.41, 5.74) is 0. The molecule has 0 aromatic rings. The highest BCUT2D eigenvalue weighted by atomic mass is 32.2. The Morgan fingerprint density at radius 2 is 2.10 bits per heavy atom. The molecule has 0 radical (unpaired) electrons. The van der Waals surface area contributed by atoms with Crippen molar-refractivity contribution in [3.8, 4) is 0 Å². The molecule has 0 spiro atoms. The van der Waals surface area contributed by atoms with Crippen LogP contribution in [-0.2, 0) is 24.7 Å². The van der Waals surface area contributed by atoms with Crippen molar-refractivity contribution >= 4 is 17.0 Å². The fourth-order valence-electron chi connectivity index (χ4n) is 0.308. The van der Waals surface area contributed by atoms with E-state index in [9.17, 15) is 13.2 Å². The van der Waals surface area contributed by atoms with Crippen LogP contribution >= 0.6 is 0 Å². The van der Waals surface area contributed by atoms with Crippen molar-refractivity contribution in [1.82, 2.24) is 0 Å². The van der Waals surface area contributed by atoms with E-state index in [0.717, 1.165) is 0 Å². The van der Waals surface area contributed by atoms with Crippen molar-refractivity contribution in [3.05, 3.63) is 0 Å². The van der Waals surface area contributed by atoms with Crippen molar-refractivity contribution in [2.45, 2.75) is 6.92 Å². The highest BCUT2D eigenvalue weighted by Gasteiger charge is 2.00. The number of hydrogen-bond acceptors (Lipinski definition) is 5. The van der Waals surface area contributed by atoms with E-state index in [2.05, 4.69) is 8.92 Å². The Morgan fingerprint density at radius 1 is 1.50 bits per heavy atom. The zero-order chi connectivity index (χ0) is 7.98. The van der Waals surface area contributed by atoms with Gasteiger partial charge >= 0.3 is 5.97 Å². The average molecular weight is 168 g/mol. The van der Waals surface area contributed by atoms with E-state index < -0.39 is 23.6 Å². The highest BCUT2D eigenvalue weighted by Crippen LogP contribution is 1.79. The lowest BCUT2D eigenvalue weighted by Crippen LogP contribution is -2.11. The molecule has 0 fully saturated rings. The third kappa shape index (κ3) is 5.52. The SMILES string of the molecule is CCOC(=O)CO[SH](=O)=O. The number of rotatable bonds is 4. The van der Waals surface area contributed by atoms with Crippen LogP contribution in [0.5, 0.6) is 0 Å². The predicted molar refractivity (Wildman–Crippen MR) is 32.9 cm³/mol. The first-order chi connectivity index (χ1) is 4.66. The number of carbonyl (C=O) groups is 1. The summed E-state index contributed by atoms with van der Waals surface area (Å²) in [4.78, 5) is 10.3. The molecule has 5 nitrogen and oxygen atoms in total. The molecule has 0 aliphatic carbocycles. The van der Waals surface area contributed by atoms with E-state index in [1.807, 2.05) is 0 Å². The number of ether oxygens (including phenoxy) is 1. The Balaban J connectivity index is 3.40. The van der Waals surface area contributed by atoms with Gasteiger partial charge in [-0.3, -0.25) is 4.18 Å². The van der Waals surface area contributed by atoms with E-state index in [-0.39, 0.29) is 6.61 Å². The summed E-state index contributed by atoms with van der Waals surface area (Å²) in [5.74, 6) is -0.679. The predicted octanol–water partition coefficient (Wildman–Crippen LogP) is -0.907. The maximum Gasteiger partial charge on any atom is 0.333 e. The number of esters is 1. The molecule has 0 aromatic heterocycles. The molecule has 0 aliphatic heterocycles. The van der Waals surface area contributed by atoms with E-state index in [1.54, 1.807) is 6.92 Å². The molecule has 0 aromatic carbocycles. The lowest BCUT2D eigenvalue weighted by Gasteiger charge is -1.96. The highest BCUT2D eigenvalue weighted by molar-refractivity contribution is 7.67. The summed E-state index contributed by atoms with van der Waals surface area (Å²) in [6.45, 7) is 1.31. The smallest absolute Gasteiger partial charge is 0.333 e. The first kappa shape index (κ1) is 9.38. The van der Waals surface area contributed by atoms with Crippen LogP contribution in [-0.4, -0.2) is 27.6 Å². The van der Waals surface area contributed by atoms with Crippen molar-refractivity contribution in [2.75, 3.05) is 13.2 Å². The Bertz CT molecular complexity index is 164. The minimum atomic E-state index is -2.94. The standard InChI is InChI=1S/C4H8O5S/c1-2-8-4(5)3-9-10(6)7/h10H,2-3H2,1H3. The Labute approximate surface area is 60.1 Å². The second-order valence-corrected chi connectivity index (χ2v) is 2.01. The number of carbonyl (C=O) groups excluding carboxylic acids is 1. The second-order valence-electron chi connectivity index (χ2n) is 1.30. The summed E-state index contributed by atoms with van der Waals surface area (Å²) < 4.78 is 27.7. The first-order valence-corrected chi connectivity index (χ1v) is 3.69. The minimum Gasteiger partial charge on any atom is -0.464 e. The van der Waals surface area contributed by atoms with Crippen molar-refractivity contribution in [2.24, 2.45) is 0 Å². The van der Waals surface area contributed by atoms with Gasteiger partial charge in [-0.2, -0.15) is 0 Å². The molecule has 0 heterocycles. The molecular weight excluding hydrogens is 160 g/mol. The summed E-state index contributed by atoms with van der Waals surface area (Å²) in [5, 5.41) is 0. The number of thiol groups is 1. The molecule has 0 N–H and O–H groups in total. The van der Waals surface area contributed by atoms with Gasteiger partial charge in [0.2, 0.25) is 0 Å². The van der Waals surface area contributed by atoms with Crippen LogP contribution in [0.4, 0.5) is 0 Å². The van der Waals surface area contributed by atoms with Gasteiger partial charge in [-0.25, -0.2) is 13.2 Å². The van der Waals surface area contributed by atoms with Gasteiger partial charge in [0.25, 0.3) is 11.0 Å². The molecule has 6 heteroatoms. The first-order valence-electron chi connectivity index (χ1n) is 2.59. The van der Waals surface area contributed by atoms with Gasteiger partial charge in [0.05, 0.1) is 6.61 Å². The molecule has 60 valence electrons. The van der Waals surface area contributed by atoms with E-state index >= 15 is 0 Å². The largest absolute Gasteiger partial charge is 0.464 e. The third-order valence-corrected chi connectivity index (χ3v) is 0.933. The summed E-state index contributed by atoms with van der Waals surface area (Å²) in [6.07, 6.45) is 0. The van der Waals surface area contributed by atoms with Crippen LogP contribution in [0.3, 0.4) is 0 Å². The maximum atomic E-state index is 10.3. The van der Waals surface area contributed by atoms with Gasteiger partial charge < -0.3 is 4.74 Å². The molecular formula is C4H8O5S. The molecule has 0 bridgehead atoms. The van der Waals surface area contributed by atoms with Gasteiger partial charge in [-0.1, -0.05) is 0 Å². The summed E-state index contributed by atoms with van der Waals surface area (Å²) in [7, 11) is -2.94. The number of hydrogen-bond donors (Lipinski definition) is 1. The van der Waals surface area contributed by atoms with Crippen LogP contribution in [0.25, 0.3) is 0 Å². The van der Waals surface area contributed by atoms with Crippen LogP contribution in [0.1, 0.15) is 6.92 Å². The quantitative estimate of drug-likeness (QED) is 0.435. The third-order valence-electron chi connectivity index (χ3n) is 0.593. The van der Waals surface area contributed by atoms with Crippen LogP contribution < -0.4 is 0 Å². The molecule has 0 saturated heterocycles. The Hall–Kier alpha value is -0.620. The lowest BCUT2D eigenvalue weighted by molar-refractivity contribution is -0.145. The minimum absolute atomic E-state index is 0.220. The summed E-state index contributed by atoms with van der Waals surface area (Å²) >= 11 is 0. The van der Waals surface area contributed by atoms with Crippen molar-refractivity contribution in [3.63, 3.8) is 0 Å². The average Bonchev–Trinajstić information content (AvgIpc) is 1.85. The summed E-state index contributed by atoms with van der Waals surface area (Å²) in [6, 6.07) is 0. The van der Waals surface area contributed by atoms with E-state index in [1.165, 1.54) is 0 Å². The van der Waals surface area contributed by atoms with Gasteiger partial charge in [0.15, 0.2) is 6.61 Å². The van der Waals surface area contributed by atoms with Gasteiger partial charge in [0, 0.05) is 0 Å². The van der Waals surface area contributed by atoms with Crippen molar-refractivity contribution < 1.29 is 22.1 Å². The topological polar surface area (TPSA) is 69.7 Å². The van der Waals surface area contributed by atoms with Gasteiger partial charge in [-0.05, 0) is 6.92 Å². The Morgan fingerprint density at radius 3 is 2.50 bits per heavy atom. The van der Waals surface area contributed by atoms with Gasteiger partial charge in [0.1, 0.15) is 0 Å².